The Morgan fingerprint density at radius 2 is 1.85 bits per heavy atom. The Kier molecular flexibility index (Phi) is 3.94. The molecule has 0 amide bonds. The van der Waals surface area contributed by atoms with Gasteiger partial charge in [-0.15, -0.1) is 0 Å². The molecule has 0 bridgehead atoms. The highest BCUT2D eigenvalue weighted by Gasteiger charge is 2.56. The second-order valence-corrected chi connectivity index (χ2v) is 7.78. The van der Waals surface area contributed by atoms with Gasteiger partial charge in [-0.2, -0.15) is 0 Å². The summed E-state index contributed by atoms with van der Waals surface area (Å²) >= 11 is 0. The molecule has 1 saturated carbocycles. The summed E-state index contributed by atoms with van der Waals surface area (Å²) in [5.41, 5.74) is 0.436. The van der Waals surface area contributed by atoms with E-state index in [0.717, 1.165) is 12.0 Å². The molecule has 26 heavy (non-hydrogen) atoms. The van der Waals surface area contributed by atoms with Gasteiger partial charge >= 0.3 is 0 Å². The molecule has 2 aromatic carbocycles. The van der Waals surface area contributed by atoms with Gasteiger partial charge in [0.05, 0.1) is 6.10 Å². The SMILES string of the molecule is CC[C@@]12C[C@H](O)[C@](O)(c3ccccc3)C[C@H]1CC(=O)c1cc(O)ccc12. The molecule has 0 aromatic heterocycles. The van der Waals surface area contributed by atoms with E-state index in [2.05, 4.69) is 6.92 Å². The molecule has 2 aromatic rings. The monoisotopic (exact) mass is 352 g/mol. The highest BCUT2D eigenvalue weighted by molar-refractivity contribution is 6.00. The molecule has 3 N–H and O–H groups in total. The lowest BCUT2D eigenvalue weighted by atomic mass is 9.51. The van der Waals surface area contributed by atoms with Crippen molar-refractivity contribution >= 4 is 5.78 Å². The van der Waals surface area contributed by atoms with E-state index >= 15 is 0 Å². The van der Waals surface area contributed by atoms with Crippen molar-refractivity contribution in [2.24, 2.45) is 5.92 Å². The normalized spacial score (nSPS) is 33.4. The lowest BCUT2D eigenvalue weighted by Crippen LogP contribution is -2.56. The zero-order chi connectivity index (χ0) is 18.5. The van der Waals surface area contributed by atoms with Gasteiger partial charge in [0.2, 0.25) is 0 Å². The first-order chi connectivity index (χ1) is 12.4. The van der Waals surface area contributed by atoms with E-state index in [4.69, 9.17) is 0 Å². The van der Waals surface area contributed by atoms with Crippen molar-refractivity contribution in [2.45, 2.75) is 49.7 Å². The maximum Gasteiger partial charge on any atom is 0.163 e. The minimum Gasteiger partial charge on any atom is -0.508 e. The van der Waals surface area contributed by atoms with Crippen LogP contribution in [0.3, 0.4) is 0 Å². The van der Waals surface area contributed by atoms with Crippen molar-refractivity contribution in [1.82, 2.24) is 0 Å². The molecule has 4 atom stereocenters. The van der Waals surface area contributed by atoms with E-state index in [1.807, 2.05) is 36.4 Å². The van der Waals surface area contributed by atoms with Gasteiger partial charge in [0, 0.05) is 17.4 Å². The predicted molar refractivity (Wildman–Crippen MR) is 98.1 cm³/mol. The first-order valence-electron chi connectivity index (χ1n) is 9.23. The highest BCUT2D eigenvalue weighted by atomic mass is 16.3. The number of hydrogen-bond donors (Lipinski definition) is 3. The fraction of sp³-hybridized carbons (Fsp3) is 0.409. The van der Waals surface area contributed by atoms with Gasteiger partial charge in [0.1, 0.15) is 11.4 Å². The number of rotatable bonds is 2. The zero-order valence-electron chi connectivity index (χ0n) is 14.9. The molecule has 4 heteroatoms. The molecule has 0 heterocycles. The maximum atomic E-state index is 12.7. The molecule has 0 radical (unpaired) electrons. The number of hydrogen-bond acceptors (Lipinski definition) is 4. The molecule has 2 aliphatic carbocycles. The number of Topliss-reactive ketones (excluding diaryl/α,β-unsaturated/α-hetero) is 1. The molecule has 0 unspecified atom stereocenters. The third-order valence-corrected chi connectivity index (χ3v) is 6.62. The van der Waals surface area contributed by atoms with E-state index < -0.39 is 11.7 Å². The van der Waals surface area contributed by atoms with Crippen LogP contribution in [0.5, 0.6) is 5.75 Å². The standard InChI is InChI=1S/C22H24O4/c1-2-21-13-20(25)22(26,14-6-4-3-5-7-14)12-15(21)10-19(24)17-11-16(23)8-9-18(17)21/h3-9,11,15,20,23,25-26H,2,10,12-13H2,1H3/t15-,20+,21-,22-/m1/s1. The Hall–Kier alpha value is -2.17. The van der Waals surface area contributed by atoms with Crippen LogP contribution < -0.4 is 0 Å². The first kappa shape index (κ1) is 17.3. The first-order valence-corrected chi connectivity index (χ1v) is 9.23. The number of aliphatic hydroxyl groups excluding tert-OH is 1. The van der Waals surface area contributed by atoms with E-state index in [0.29, 0.717) is 30.4 Å². The number of fused-ring (bicyclic) bond motifs is 3. The average molecular weight is 352 g/mol. The Morgan fingerprint density at radius 3 is 2.54 bits per heavy atom. The summed E-state index contributed by atoms with van der Waals surface area (Å²) in [5.74, 6) is 0.0291. The zero-order valence-corrected chi connectivity index (χ0v) is 14.9. The van der Waals surface area contributed by atoms with E-state index in [9.17, 15) is 20.1 Å². The second kappa shape index (κ2) is 5.93. The maximum absolute atomic E-state index is 12.7. The van der Waals surface area contributed by atoms with Crippen LogP contribution in [0.2, 0.25) is 0 Å². The van der Waals surface area contributed by atoms with Crippen LogP contribution in [0.4, 0.5) is 0 Å². The third-order valence-electron chi connectivity index (χ3n) is 6.62. The number of carbonyl (C=O) groups excluding carboxylic acids is 1. The van der Waals surface area contributed by atoms with Crippen molar-refractivity contribution < 1.29 is 20.1 Å². The van der Waals surface area contributed by atoms with Gasteiger partial charge < -0.3 is 15.3 Å². The summed E-state index contributed by atoms with van der Waals surface area (Å²) in [4.78, 5) is 12.7. The predicted octanol–water partition coefficient (Wildman–Crippen LogP) is 3.29. The summed E-state index contributed by atoms with van der Waals surface area (Å²) < 4.78 is 0. The van der Waals surface area contributed by atoms with Gasteiger partial charge in [-0.25, -0.2) is 0 Å². The lowest BCUT2D eigenvalue weighted by molar-refractivity contribution is -0.144. The Morgan fingerprint density at radius 1 is 1.12 bits per heavy atom. The van der Waals surface area contributed by atoms with E-state index in [-0.39, 0.29) is 22.9 Å². The molecule has 0 saturated heterocycles. The lowest BCUT2D eigenvalue weighted by Gasteiger charge is -2.54. The molecule has 0 spiro atoms. The number of benzene rings is 2. The summed E-state index contributed by atoms with van der Waals surface area (Å²) in [5, 5.41) is 32.1. The number of phenolic OH excluding ortho intramolecular Hbond substituents is 1. The van der Waals surface area contributed by atoms with Crippen LogP contribution >= 0.6 is 0 Å². The quantitative estimate of drug-likeness (QED) is 0.775. The van der Waals surface area contributed by atoms with Gasteiger partial charge in [-0.3, -0.25) is 4.79 Å². The molecule has 136 valence electrons. The summed E-state index contributed by atoms with van der Waals surface area (Å²) in [7, 11) is 0. The topological polar surface area (TPSA) is 77.8 Å². The molecule has 0 aliphatic heterocycles. The second-order valence-electron chi connectivity index (χ2n) is 7.78. The van der Waals surface area contributed by atoms with Crippen LogP contribution in [-0.2, 0) is 11.0 Å². The van der Waals surface area contributed by atoms with E-state index in [1.165, 1.54) is 6.07 Å². The van der Waals surface area contributed by atoms with Crippen molar-refractivity contribution in [3.05, 3.63) is 65.2 Å². The molecule has 4 rings (SSSR count). The number of aromatic hydroxyl groups is 1. The molecule has 4 nitrogen and oxygen atoms in total. The minimum atomic E-state index is -1.35. The van der Waals surface area contributed by atoms with Crippen molar-refractivity contribution in [1.29, 1.82) is 0 Å². The molecule has 1 fully saturated rings. The average Bonchev–Trinajstić information content (AvgIpc) is 2.64. The van der Waals surface area contributed by atoms with Crippen LogP contribution in [0, 0.1) is 5.92 Å². The smallest absolute Gasteiger partial charge is 0.163 e. The Bertz CT molecular complexity index is 846. The van der Waals surface area contributed by atoms with Gasteiger partial charge in [0.15, 0.2) is 5.78 Å². The number of carbonyl (C=O) groups is 1. The Labute approximate surface area is 153 Å². The summed E-state index contributed by atoms with van der Waals surface area (Å²) in [6.45, 7) is 2.07. The highest BCUT2D eigenvalue weighted by Crippen LogP contribution is 2.56. The van der Waals surface area contributed by atoms with Gasteiger partial charge in [-0.05, 0) is 48.4 Å². The Balaban J connectivity index is 1.82. The summed E-state index contributed by atoms with van der Waals surface area (Å²) in [6.07, 6.45) is 0.912. The van der Waals surface area contributed by atoms with Crippen LogP contribution in [0.25, 0.3) is 0 Å². The fourth-order valence-electron chi connectivity index (χ4n) is 5.18. The molecular weight excluding hydrogens is 328 g/mol. The van der Waals surface area contributed by atoms with Crippen molar-refractivity contribution in [3.63, 3.8) is 0 Å². The van der Waals surface area contributed by atoms with Crippen molar-refractivity contribution in [2.75, 3.05) is 0 Å². The van der Waals surface area contributed by atoms with Crippen molar-refractivity contribution in [3.8, 4) is 5.75 Å². The number of phenols is 1. The largest absolute Gasteiger partial charge is 0.508 e. The van der Waals surface area contributed by atoms with E-state index in [1.54, 1.807) is 6.07 Å². The van der Waals surface area contributed by atoms with Crippen LogP contribution in [0.1, 0.15) is 54.1 Å². The number of aliphatic hydroxyl groups is 2. The molecular formula is C22H24O4. The van der Waals surface area contributed by atoms with Gasteiger partial charge in [0.25, 0.3) is 0 Å². The number of ketones is 1. The van der Waals surface area contributed by atoms with Crippen LogP contribution in [-0.4, -0.2) is 27.2 Å². The van der Waals surface area contributed by atoms with Crippen LogP contribution in [0.15, 0.2) is 48.5 Å². The third kappa shape index (κ3) is 2.32. The summed E-state index contributed by atoms with van der Waals surface area (Å²) in [6, 6.07) is 14.2. The minimum absolute atomic E-state index is 0.00298. The fourth-order valence-corrected chi connectivity index (χ4v) is 5.18. The van der Waals surface area contributed by atoms with Gasteiger partial charge in [-0.1, -0.05) is 43.3 Å². The molecule has 2 aliphatic rings.